The van der Waals surface area contributed by atoms with Crippen molar-refractivity contribution in [2.24, 2.45) is 5.92 Å². The predicted octanol–water partition coefficient (Wildman–Crippen LogP) is 2.73. The Balaban J connectivity index is 2.14. The Morgan fingerprint density at radius 1 is 1.53 bits per heavy atom. The van der Waals surface area contributed by atoms with Crippen LogP contribution in [0.2, 0.25) is 0 Å². The fourth-order valence-electron chi connectivity index (χ4n) is 1.58. The number of hydrogen-bond donors (Lipinski definition) is 1. The number of rotatable bonds is 5. The van der Waals surface area contributed by atoms with Gasteiger partial charge in [0.2, 0.25) is 0 Å². The maximum atomic E-state index is 12.1. The van der Waals surface area contributed by atoms with Gasteiger partial charge in [-0.05, 0) is 21.8 Å². The zero-order valence-electron chi connectivity index (χ0n) is 10.8. The van der Waals surface area contributed by atoms with Gasteiger partial charge in [0, 0.05) is 18.1 Å². The van der Waals surface area contributed by atoms with Crippen LogP contribution in [0, 0.1) is 5.92 Å². The molecule has 0 radical (unpaired) electrons. The minimum absolute atomic E-state index is 0.113. The van der Waals surface area contributed by atoms with Crippen molar-refractivity contribution in [3.63, 3.8) is 0 Å². The number of halogens is 1. The molecule has 0 amide bonds. The second kappa shape index (κ2) is 6.29. The normalized spacial score (nSPS) is 10.9. The molecule has 0 aromatic carbocycles. The molecule has 1 N–H and O–H groups in total. The van der Waals surface area contributed by atoms with Crippen molar-refractivity contribution in [3.05, 3.63) is 37.6 Å². The quantitative estimate of drug-likeness (QED) is 0.907. The Kier molecular flexibility index (Phi) is 4.71. The van der Waals surface area contributed by atoms with E-state index in [4.69, 9.17) is 0 Å². The standard InChI is InChI=1S/C12H15BrN4OS/c1-8(2)7-17-12(18)11(13)9(5-16-17)15-6-10-14-3-4-19-10/h3-5,8,15H,6-7H2,1-2H3. The number of hydrogen-bond acceptors (Lipinski definition) is 5. The van der Waals surface area contributed by atoms with Gasteiger partial charge >= 0.3 is 0 Å². The molecule has 0 atom stereocenters. The van der Waals surface area contributed by atoms with Gasteiger partial charge in [-0.1, -0.05) is 13.8 Å². The second-order valence-corrected chi connectivity index (χ2v) is 6.30. The number of nitrogens with one attached hydrogen (secondary N) is 1. The molecule has 0 aliphatic heterocycles. The third-order valence-corrected chi connectivity index (χ3v) is 3.98. The Morgan fingerprint density at radius 3 is 2.95 bits per heavy atom. The van der Waals surface area contributed by atoms with Gasteiger partial charge in [0.05, 0.1) is 18.4 Å². The predicted molar refractivity (Wildman–Crippen MR) is 80.5 cm³/mol. The summed E-state index contributed by atoms with van der Waals surface area (Å²) in [7, 11) is 0. The van der Waals surface area contributed by atoms with Crippen molar-refractivity contribution in [1.29, 1.82) is 0 Å². The lowest BCUT2D eigenvalue weighted by Crippen LogP contribution is -2.26. The van der Waals surface area contributed by atoms with Crippen LogP contribution in [0.3, 0.4) is 0 Å². The summed E-state index contributed by atoms with van der Waals surface area (Å²) in [6.45, 7) is 5.31. The average Bonchev–Trinajstić information content (AvgIpc) is 2.87. The van der Waals surface area contributed by atoms with E-state index in [1.165, 1.54) is 4.68 Å². The molecule has 0 fully saturated rings. The van der Waals surface area contributed by atoms with Gasteiger partial charge in [-0.25, -0.2) is 9.67 Å². The van der Waals surface area contributed by atoms with Crippen LogP contribution in [0.1, 0.15) is 18.9 Å². The molecule has 2 aromatic heterocycles. The molecule has 19 heavy (non-hydrogen) atoms. The molecular weight excluding hydrogens is 328 g/mol. The van der Waals surface area contributed by atoms with Crippen molar-refractivity contribution in [1.82, 2.24) is 14.8 Å². The minimum Gasteiger partial charge on any atom is -0.376 e. The number of thiazole rings is 1. The summed E-state index contributed by atoms with van der Waals surface area (Å²) in [5.74, 6) is 0.381. The van der Waals surface area contributed by atoms with E-state index in [-0.39, 0.29) is 5.56 Å². The van der Waals surface area contributed by atoms with Crippen molar-refractivity contribution < 1.29 is 0 Å². The highest BCUT2D eigenvalue weighted by atomic mass is 79.9. The molecule has 0 spiro atoms. The molecule has 102 valence electrons. The molecule has 0 bridgehead atoms. The summed E-state index contributed by atoms with van der Waals surface area (Å²) < 4.78 is 1.99. The molecular formula is C12H15BrN4OS. The molecule has 7 heteroatoms. The molecule has 0 saturated heterocycles. The van der Waals surface area contributed by atoms with Crippen LogP contribution >= 0.6 is 27.3 Å². The molecule has 2 rings (SSSR count). The minimum atomic E-state index is -0.113. The zero-order chi connectivity index (χ0) is 13.8. The topological polar surface area (TPSA) is 59.8 Å². The SMILES string of the molecule is CC(C)Cn1ncc(NCc2nccs2)c(Br)c1=O. The maximum absolute atomic E-state index is 12.1. The van der Waals surface area contributed by atoms with E-state index in [1.807, 2.05) is 5.38 Å². The van der Waals surface area contributed by atoms with Crippen LogP contribution in [0.4, 0.5) is 5.69 Å². The Bertz CT molecular complexity index is 594. The fraction of sp³-hybridized carbons (Fsp3) is 0.417. The lowest BCUT2D eigenvalue weighted by Gasteiger charge is -2.11. The fourth-order valence-corrected chi connectivity index (χ4v) is 2.58. The highest BCUT2D eigenvalue weighted by Crippen LogP contribution is 2.17. The first-order chi connectivity index (χ1) is 9.08. The van der Waals surface area contributed by atoms with E-state index in [2.05, 4.69) is 45.2 Å². The van der Waals surface area contributed by atoms with Gasteiger partial charge in [0.25, 0.3) is 5.56 Å². The number of aromatic nitrogens is 3. The Hall–Kier alpha value is -1.21. The lowest BCUT2D eigenvalue weighted by molar-refractivity contribution is 0.462. The summed E-state index contributed by atoms with van der Waals surface area (Å²) in [6, 6.07) is 0. The third kappa shape index (κ3) is 3.63. The second-order valence-electron chi connectivity index (χ2n) is 4.53. The van der Waals surface area contributed by atoms with Crippen molar-refractivity contribution in [2.45, 2.75) is 26.9 Å². The summed E-state index contributed by atoms with van der Waals surface area (Å²) in [5.41, 5.74) is 0.582. The summed E-state index contributed by atoms with van der Waals surface area (Å²) in [5, 5.41) is 10.2. The lowest BCUT2D eigenvalue weighted by atomic mass is 10.2. The van der Waals surface area contributed by atoms with E-state index in [0.29, 0.717) is 29.2 Å². The van der Waals surface area contributed by atoms with Crippen LogP contribution in [-0.4, -0.2) is 14.8 Å². The largest absolute Gasteiger partial charge is 0.376 e. The smallest absolute Gasteiger partial charge is 0.283 e. The average molecular weight is 343 g/mol. The molecule has 0 aliphatic carbocycles. The third-order valence-electron chi connectivity index (χ3n) is 2.44. The first-order valence-electron chi connectivity index (χ1n) is 5.95. The van der Waals surface area contributed by atoms with Gasteiger partial charge < -0.3 is 5.32 Å². The maximum Gasteiger partial charge on any atom is 0.283 e. The molecule has 2 aromatic rings. The van der Waals surface area contributed by atoms with Crippen LogP contribution in [0.25, 0.3) is 0 Å². The van der Waals surface area contributed by atoms with Crippen molar-refractivity contribution in [2.75, 3.05) is 5.32 Å². The summed E-state index contributed by atoms with van der Waals surface area (Å²) in [6.07, 6.45) is 3.43. The van der Waals surface area contributed by atoms with Gasteiger partial charge in [0.1, 0.15) is 9.48 Å². The van der Waals surface area contributed by atoms with Crippen LogP contribution in [0.15, 0.2) is 27.0 Å². The Labute approximate surface area is 123 Å². The van der Waals surface area contributed by atoms with Crippen LogP contribution in [-0.2, 0) is 13.1 Å². The van der Waals surface area contributed by atoms with E-state index in [1.54, 1.807) is 23.7 Å². The molecule has 0 aliphatic rings. The van der Waals surface area contributed by atoms with Crippen LogP contribution in [0.5, 0.6) is 0 Å². The van der Waals surface area contributed by atoms with Crippen molar-refractivity contribution in [3.8, 4) is 0 Å². The summed E-state index contributed by atoms with van der Waals surface area (Å²) >= 11 is 4.90. The molecule has 5 nitrogen and oxygen atoms in total. The first-order valence-corrected chi connectivity index (χ1v) is 7.63. The van der Waals surface area contributed by atoms with Crippen LogP contribution < -0.4 is 10.9 Å². The molecule has 0 saturated carbocycles. The van der Waals surface area contributed by atoms with E-state index in [9.17, 15) is 4.79 Å². The highest BCUT2D eigenvalue weighted by Gasteiger charge is 2.09. The first kappa shape index (κ1) is 14.2. The number of nitrogens with zero attached hydrogens (tertiary/aromatic N) is 3. The van der Waals surface area contributed by atoms with E-state index < -0.39 is 0 Å². The van der Waals surface area contributed by atoms with Gasteiger partial charge in [0.15, 0.2) is 0 Å². The van der Waals surface area contributed by atoms with Gasteiger partial charge in [-0.2, -0.15) is 5.10 Å². The monoisotopic (exact) mass is 342 g/mol. The molecule has 0 unspecified atom stereocenters. The van der Waals surface area contributed by atoms with Gasteiger partial charge in [-0.15, -0.1) is 11.3 Å². The van der Waals surface area contributed by atoms with Gasteiger partial charge in [-0.3, -0.25) is 4.79 Å². The van der Waals surface area contributed by atoms with E-state index >= 15 is 0 Å². The van der Waals surface area contributed by atoms with Crippen molar-refractivity contribution >= 4 is 33.0 Å². The molecule has 2 heterocycles. The highest BCUT2D eigenvalue weighted by molar-refractivity contribution is 9.10. The van der Waals surface area contributed by atoms with E-state index in [0.717, 1.165) is 5.01 Å². The Morgan fingerprint density at radius 2 is 2.32 bits per heavy atom. The zero-order valence-corrected chi connectivity index (χ0v) is 13.2. The summed E-state index contributed by atoms with van der Waals surface area (Å²) in [4.78, 5) is 16.3. The number of anilines is 1.